The van der Waals surface area contributed by atoms with E-state index < -0.39 is 0 Å². The van der Waals surface area contributed by atoms with Crippen molar-refractivity contribution in [2.24, 2.45) is 5.92 Å². The Balaban J connectivity index is 2.80. The van der Waals surface area contributed by atoms with Gasteiger partial charge in [0.2, 0.25) is 0 Å². The number of hydrogen-bond acceptors (Lipinski definition) is 4. The summed E-state index contributed by atoms with van der Waals surface area (Å²) in [5.41, 5.74) is 1.34. The van der Waals surface area contributed by atoms with Crippen molar-refractivity contribution in [3.8, 4) is 0 Å². The number of pyridine rings is 1. The van der Waals surface area contributed by atoms with E-state index in [4.69, 9.17) is 4.74 Å². The van der Waals surface area contributed by atoms with Crippen LogP contribution in [0, 0.1) is 5.92 Å². The first kappa shape index (κ1) is 16.4. The standard InChI is InChI=1S/C15H25N3O2/c1-6-20-10-14(11(2)3)17-12-7-8-16-13(9-12)15(19)18(4)5/h7-9,11,14H,6,10H2,1-5H3,(H,16,17). The van der Waals surface area contributed by atoms with Gasteiger partial charge in [-0.1, -0.05) is 13.8 Å². The van der Waals surface area contributed by atoms with Crippen molar-refractivity contribution in [1.82, 2.24) is 9.88 Å². The maximum atomic E-state index is 11.9. The van der Waals surface area contributed by atoms with E-state index in [2.05, 4.69) is 24.1 Å². The molecule has 1 amide bonds. The molecular formula is C15H25N3O2. The quantitative estimate of drug-likeness (QED) is 0.832. The van der Waals surface area contributed by atoms with Crippen LogP contribution in [0.15, 0.2) is 18.3 Å². The molecule has 0 radical (unpaired) electrons. The Morgan fingerprint density at radius 2 is 2.15 bits per heavy atom. The van der Waals surface area contributed by atoms with E-state index in [1.807, 2.05) is 13.0 Å². The molecule has 0 aromatic carbocycles. The largest absolute Gasteiger partial charge is 0.380 e. The van der Waals surface area contributed by atoms with E-state index >= 15 is 0 Å². The molecule has 0 aliphatic carbocycles. The summed E-state index contributed by atoms with van der Waals surface area (Å²) in [6, 6.07) is 3.86. The van der Waals surface area contributed by atoms with Gasteiger partial charge in [-0.15, -0.1) is 0 Å². The van der Waals surface area contributed by atoms with Gasteiger partial charge in [-0.05, 0) is 25.0 Å². The van der Waals surface area contributed by atoms with Crippen LogP contribution in [0.5, 0.6) is 0 Å². The predicted molar refractivity (Wildman–Crippen MR) is 81.0 cm³/mol. The van der Waals surface area contributed by atoms with Crippen LogP contribution in [0.1, 0.15) is 31.3 Å². The number of carbonyl (C=O) groups is 1. The van der Waals surface area contributed by atoms with Gasteiger partial charge in [0, 0.05) is 32.6 Å². The van der Waals surface area contributed by atoms with E-state index in [1.165, 1.54) is 4.90 Å². The molecule has 5 nitrogen and oxygen atoms in total. The second-order valence-corrected chi connectivity index (χ2v) is 5.28. The van der Waals surface area contributed by atoms with E-state index in [1.54, 1.807) is 26.4 Å². The number of nitrogens with zero attached hydrogens (tertiary/aromatic N) is 2. The molecule has 0 spiro atoms. The average molecular weight is 279 g/mol. The second kappa shape index (κ2) is 7.85. The van der Waals surface area contributed by atoms with Crippen molar-refractivity contribution in [2.75, 3.05) is 32.6 Å². The minimum Gasteiger partial charge on any atom is -0.380 e. The fourth-order valence-electron chi connectivity index (χ4n) is 1.73. The smallest absolute Gasteiger partial charge is 0.272 e. The zero-order chi connectivity index (χ0) is 15.1. The first-order chi connectivity index (χ1) is 9.45. The van der Waals surface area contributed by atoms with Crippen LogP contribution in [-0.4, -0.2) is 49.1 Å². The molecule has 1 heterocycles. The van der Waals surface area contributed by atoms with Crippen LogP contribution < -0.4 is 5.32 Å². The molecular weight excluding hydrogens is 254 g/mol. The summed E-state index contributed by atoms with van der Waals surface area (Å²) in [7, 11) is 3.44. The van der Waals surface area contributed by atoms with E-state index in [0.717, 1.165) is 5.69 Å². The highest BCUT2D eigenvalue weighted by Gasteiger charge is 2.15. The highest BCUT2D eigenvalue weighted by molar-refractivity contribution is 5.92. The number of aromatic nitrogens is 1. The van der Waals surface area contributed by atoms with Gasteiger partial charge in [-0.25, -0.2) is 0 Å². The van der Waals surface area contributed by atoms with Gasteiger partial charge < -0.3 is 15.0 Å². The molecule has 0 saturated heterocycles. The van der Waals surface area contributed by atoms with Crippen molar-refractivity contribution in [1.29, 1.82) is 0 Å². The van der Waals surface area contributed by atoms with Gasteiger partial charge >= 0.3 is 0 Å². The summed E-state index contributed by atoms with van der Waals surface area (Å²) in [6.45, 7) is 7.62. The zero-order valence-corrected chi connectivity index (χ0v) is 13.0. The maximum absolute atomic E-state index is 11.9. The Labute approximate surface area is 121 Å². The van der Waals surface area contributed by atoms with Crippen molar-refractivity contribution in [3.63, 3.8) is 0 Å². The lowest BCUT2D eigenvalue weighted by atomic mass is 10.1. The molecule has 20 heavy (non-hydrogen) atoms. The molecule has 1 atom stereocenters. The van der Waals surface area contributed by atoms with Gasteiger partial charge in [0.1, 0.15) is 5.69 Å². The zero-order valence-electron chi connectivity index (χ0n) is 13.0. The van der Waals surface area contributed by atoms with Gasteiger partial charge in [0.15, 0.2) is 0 Å². The summed E-state index contributed by atoms with van der Waals surface area (Å²) in [4.78, 5) is 17.5. The van der Waals surface area contributed by atoms with Crippen molar-refractivity contribution in [3.05, 3.63) is 24.0 Å². The highest BCUT2D eigenvalue weighted by atomic mass is 16.5. The molecule has 112 valence electrons. The minimum absolute atomic E-state index is 0.0976. The van der Waals surface area contributed by atoms with Crippen LogP contribution in [0.2, 0.25) is 0 Å². The summed E-state index contributed by atoms with van der Waals surface area (Å²) in [5, 5.41) is 3.41. The predicted octanol–water partition coefficient (Wildman–Crippen LogP) is 2.26. The summed E-state index contributed by atoms with van der Waals surface area (Å²) >= 11 is 0. The number of rotatable bonds is 7. The monoisotopic (exact) mass is 279 g/mol. The minimum atomic E-state index is -0.0976. The first-order valence-corrected chi connectivity index (χ1v) is 6.97. The number of ether oxygens (including phenoxy) is 1. The van der Waals surface area contributed by atoms with Crippen molar-refractivity contribution in [2.45, 2.75) is 26.8 Å². The van der Waals surface area contributed by atoms with Gasteiger partial charge in [0.25, 0.3) is 5.91 Å². The second-order valence-electron chi connectivity index (χ2n) is 5.28. The lowest BCUT2D eigenvalue weighted by molar-refractivity contribution is 0.0822. The van der Waals surface area contributed by atoms with Crippen molar-refractivity contribution < 1.29 is 9.53 Å². The molecule has 0 aliphatic heterocycles. The number of nitrogens with one attached hydrogen (secondary N) is 1. The Kier molecular flexibility index (Phi) is 6.45. The molecule has 0 bridgehead atoms. The number of amides is 1. The number of anilines is 1. The lowest BCUT2D eigenvalue weighted by Gasteiger charge is -2.23. The number of carbonyl (C=O) groups excluding carboxylic acids is 1. The average Bonchev–Trinajstić information content (AvgIpc) is 2.42. The molecule has 1 unspecified atom stereocenters. The lowest BCUT2D eigenvalue weighted by Crippen LogP contribution is -2.31. The normalized spacial score (nSPS) is 12.3. The van der Waals surface area contributed by atoms with Crippen LogP contribution in [0.25, 0.3) is 0 Å². The third-order valence-corrected chi connectivity index (χ3v) is 3.04. The fourth-order valence-corrected chi connectivity index (χ4v) is 1.73. The van der Waals surface area contributed by atoms with Gasteiger partial charge in [0.05, 0.1) is 12.6 Å². The molecule has 5 heteroatoms. The SMILES string of the molecule is CCOCC(Nc1ccnc(C(=O)N(C)C)c1)C(C)C. The van der Waals surface area contributed by atoms with E-state index in [9.17, 15) is 4.79 Å². The molecule has 0 aliphatic rings. The first-order valence-electron chi connectivity index (χ1n) is 6.97. The molecule has 1 aromatic heterocycles. The van der Waals surface area contributed by atoms with Gasteiger partial charge in [-0.2, -0.15) is 0 Å². The van der Waals surface area contributed by atoms with Crippen molar-refractivity contribution >= 4 is 11.6 Å². The summed E-state index contributed by atoms with van der Waals surface area (Å²) < 4.78 is 5.49. The Morgan fingerprint density at radius 3 is 2.70 bits per heavy atom. The third-order valence-electron chi connectivity index (χ3n) is 3.04. The molecule has 1 rings (SSSR count). The Bertz CT molecular complexity index is 433. The highest BCUT2D eigenvalue weighted by Crippen LogP contribution is 2.14. The van der Waals surface area contributed by atoms with Crippen LogP contribution >= 0.6 is 0 Å². The molecule has 0 fully saturated rings. The Morgan fingerprint density at radius 1 is 1.45 bits per heavy atom. The Hall–Kier alpha value is -1.62. The van der Waals surface area contributed by atoms with Gasteiger partial charge in [-0.3, -0.25) is 9.78 Å². The third kappa shape index (κ3) is 4.81. The molecule has 1 aromatic rings. The molecule has 0 saturated carbocycles. The van der Waals surface area contributed by atoms with Crippen LogP contribution in [0.3, 0.4) is 0 Å². The van der Waals surface area contributed by atoms with Crippen LogP contribution in [0.4, 0.5) is 5.69 Å². The maximum Gasteiger partial charge on any atom is 0.272 e. The topological polar surface area (TPSA) is 54.5 Å². The summed E-state index contributed by atoms with van der Waals surface area (Å²) in [5.74, 6) is 0.335. The van der Waals surface area contributed by atoms with E-state index in [-0.39, 0.29) is 11.9 Å². The fraction of sp³-hybridized carbons (Fsp3) is 0.600. The van der Waals surface area contributed by atoms with Crippen LogP contribution in [-0.2, 0) is 4.74 Å². The number of hydrogen-bond donors (Lipinski definition) is 1. The van der Waals surface area contributed by atoms with E-state index in [0.29, 0.717) is 24.8 Å². The summed E-state index contributed by atoms with van der Waals surface area (Å²) in [6.07, 6.45) is 1.65. The molecule has 1 N–H and O–H groups in total.